The van der Waals surface area contributed by atoms with Crippen molar-refractivity contribution in [3.8, 4) is 11.1 Å². The first kappa shape index (κ1) is 17.5. The molecule has 1 aromatic heterocycles. The first-order chi connectivity index (χ1) is 10.7. The van der Waals surface area contributed by atoms with Crippen LogP contribution in [-0.2, 0) is 12.0 Å². The molecule has 0 spiro atoms. The molecule has 0 radical (unpaired) electrons. The lowest BCUT2D eigenvalue weighted by Crippen LogP contribution is -2.22. The Balaban J connectivity index is 2.48. The van der Waals surface area contributed by atoms with Gasteiger partial charge < -0.3 is 4.57 Å². The third kappa shape index (κ3) is 3.93. The zero-order valence-electron chi connectivity index (χ0n) is 15.4. The molecule has 2 rings (SSSR count). The van der Waals surface area contributed by atoms with Crippen LogP contribution in [0.4, 0.5) is 0 Å². The SMILES string of the molecule is CCCCn1cc(-c2ccc(C(C)(C)C)c(C)c2)cc(C)c1=O. The van der Waals surface area contributed by atoms with Gasteiger partial charge in [-0.2, -0.15) is 0 Å². The van der Waals surface area contributed by atoms with Crippen LogP contribution in [0, 0.1) is 13.8 Å². The molecule has 0 unspecified atom stereocenters. The van der Waals surface area contributed by atoms with E-state index in [1.54, 1.807) is 0 Å². The van der Waals surface area contributed by atoms with Gasteiger partial charge in [-0.05, 0) is 54.0 Å². The van der Waals surface area contributed by atoms with Gasteiger partial charge in [0.05, 0.1) is 0 Å². The maximum Gasteiger partial charge on any atom is 0.253 e. The van der Waals surface area contributed by atoms with E-state index in [0.29, 0.717) is 0 Å². The van der Waals surface area contributed by atoms with Crippen molar-refractivity contribution in [2.75, 3.05) is 0 Å². The van der Waals surface area contributed by atoms with Gasteiger partial charge in [0.25, 0.3) is 5.56 Å². The normalized spacial score (nSPS) is 11.7. The maximum absolute atomic E-state index is 12.3. The fraction of sp³-hybridized carbons (Fsp3) is 0.476. The zero-order chi connectivity index (χ0) is 17.2. The van der Waals surface area contributed by atoms with Crippen LogP contribution in [0.25, 0.3) is 11.1 Å². The van der Waals surface area contributed by atoms with E-state index in [0.717, 1.165) is 30.5 Å². The lowest BCUT2D eigenvalue weighted by atomic mass is 9.83. The molecule has 0 saturated heterocycles. The Morgan fingerprint density at radius 1 is 1.00 bits per heavy atom. The van der Waals surface area contributed by atoms with E-state index in [2.05, 4.69) is 52.8 Å². The third-order valence-electron chi connectivity index (χ3n) is 4.39. The topological polar surface area (TPSA) is 22.0 Å². The maximum atomic E-state index is 12.3. The van der Waals surface area contributed by atoms with Crippen molar-refractivity contribution in [1.29, 1.82) is 0 Å². The number of nitrogens with zero attached hydrogens (tertiary/aromatic N) is 1. The number of rotatable bonds is 4. The molecule has 0 bridgehead atoms. The second-order valence-electron chi connectivity index (χ2n) is 7.54. The summed E-state index contributed by atoms with van der Waals surface area (Å²) < 4.78 is 1.86. The summed E-state index contributed by atoms with van der Waals surface area (Å²) in [5, 5.41) is 0. The Bertz CT molecular complexity index is 747. The monoisotopic (exact) mass is 311 g/mol. The van der Waals surface area contributed by atoms with Crippen LogP contribution in [0.2, 0.25) is 0 Å². The van der Waals surface area contributed by atoms with Crippen molar-refractivity contribution in [3.63, 3.8) is 0 Å². The lowest BCUT2D eigenvalue weighted by molar-refractivity contribution is 0.586. The highest BCUT2D eigenvalue weighted by molar-refractivity contribution is 5.65. The molecule has 2 heteroatoms. The van der Waals surface area contributed by atoms with E-state index in [-0.39, 0.29) is 11.0 Å². The lowest BCUT2D eigenvalue weighted by Gasteiger charge is -2.22. The van der Waals surface area contributed by atoms with Gasteiger partial charge in [0.15, 0.2) is 0 Å². The van der Waals surface area contributed by atoms with E-state index < -0.39 is 0 Å². The summed E-state index contributed by atoms with van der Waals surface area (Å²) in [6.45, 7) is 13.7. The molecule has 2 aromatic rings. The van der Waals surface area contributed by atoms with E-state index in [1.807, 2.05) is 23.8 Å². The van der Waals surface area contributed by atoms with Crippen LogP contribution in [0.5, 0.6) is 0 Å². The van der Waals surface area contributed by atoms with Crippen LogP contribution < -0.4 is 5.56 Å². The predicted octanol–water partition coefficient (Wildman–Crippen LogP) is 5.23. The highest BCUT2D eigenvalue weighted by Gasteiger charge is 2.16. The second-order valence-corrected chi connectivity index (χ2v) is 7.54. The number of benzene rings is 1. The summed E-state index contributed by atoms with van der Waals surface area (Å²) in [5.74, 6) is 0. The molecule has 0 amide bonds. The molecule has 1 heterocycles. The molecule has 0 fully saturated rings. The van der Waals surface area contributed by atoms with Crippen LogP contribution >= 0.6 is 0 Å². The summed E-state index contributed by atoms with van der Waals surface area (Å²) in [5.41, 5.74) is 6.08. The first-order valence-corrected chi connectivity index (χ1v) is 8.56. The minimum absolute atomic E-state index is 0.130. The molecule has 0 N–H and O–H groups in total. The van der Waals surface area contributed by atoms with Gasteiger partial charge in [0.1, 0.15) is 0 Å². The Morgan fingerprint density at radius 2 is 1.65 bits per heavy atom. The zero-order valence-corrected chi connectivity index (χ0v) is 15.4. The van der Waals surface area contributed by atoms with E-state index in [9.17, 15) is 4.79 Å². The van der Waals surface area contributed by atoms with Crippen LogP contribution in [0.15, 0.2) is 35.3 Å². The molecule has 0 atom stereocenters. The quantitative estimate of drug-likeness (QED) is 0.758. The van der Waals surface area contributed by atoms with Crippen LogP contribution in [-0.4, -0.2) is 4.57 Å². The van der Waals surface area contributed by atoms with Gasteiger partial charge in [-0.3, -0.25) is 4.79 Å². The Hall–Kier alpha value is -1.83. The predicted molar refractivity (Wildman–Crippen MR) is 99.2 cm³/mol. The summed E-state index contributed by atoms with van der Waals surface area (Å²) >= 11 is 0. The molecular formula is C21H29NO. The Morgan fingerprint density at radius 3 is 2.22 bits per heavy atom. The minimum atomic E-state index is 0.130. The van der Waals surface area contributed by atoms with Crippen molar-refractivity contribution in [3.05, 3.63) is 57.5 Å². The highest BCUT2D eigenvalue weighted by Crippen LogP contribution is 2.29. The average Bonchev–Trinajstić information content (AvgIpc) is 2.47. The van der Waals surface area contributed by atoms with Gasteiger partial charge in [-0.15, -0.1) is 0 Å². The molecule has 0 aliphatic heterocycles. The van der Waals surface area contributed by atoms with Crippen molar-refractivity contribution in [2.45, 2.75) is 66.3 Å². The van der Waals surface area contributed by atoms with Crippen molar-refractivity contribution < 1.29 is 0 Å². The molecule has 0 aliphatic rings. The minimum Gasteiger partial charge on any atom is -0.315 e. The molecule has 0 aliphatic carbocycles. The molecule has 1 aromatic carbocycles. The van der Waals surface area contributed by atoms with E-state index in [4.69, 9.17) is 0 Å². The Labute approximate surface area is 140 Å². The third-order valence-corrected chi connectivity index (χ3v) is 4.39. The Kier molecular flexibility index (Phi) is 5.13. The standard InChI is InChI=1S/C21H29NO/c1-7-8-11-22-14-18(13-16(3)20(22)23)17-9-10-19(15(2)12-17)21(4,5)6/h9-10,12-14H,7-8,11H2,1-6H3. The van der Waals surface area contributed by atoms with Crippen molar-refractivity contribution >= 4 is 0 Å². The second kappa shape index (κ2) is 6.74. The summed E-state index contributed by atoms with van der Waals surface area (Å²) in [6.07, 6.45) is 4.14. The van der Waals surface area contributed by atoms with Gasteiger partial charge in [0.2, 0.25) is 0 Å². The molecule has 124 valence electrons. The smallest absolute Gasteiger partial charge is 0.253 e. The van der Waals surface area contributed by atoms with E-state index >= 15 is 0 Å². The number of pyridine rings is 1. The van der Waals surface area contributed by atoms with Crippen molar-refractivity contribution in [1.82, 2.24) is 4.57 Å². The summed E-state index contributed by atoms with van der Waals surface area (Å²) in [4.78, 5) is 12.3. The molecule has 2 nitrogen and oxygen atoms in total. The van der Waals surface area contributed by atoms with Crippen LogP contribution in [0.1, 0.15) is 57.2 Å². The first-order valence-electron chi connectivity index (χ1n) is 8.56. The average molecular weight is 311 g/mol. The van der Waals surface area contributed by atoms with Crippen LogP contribution in [0.3, 0.4) is 0 Å². The van der Waals surface area contributed by atoms with Crippen molar-refractivity contribution in [2.24, 2.45) is 0 Å². The summed E-state index contributed by atoms with van der Waals surface area (Å²) in [7, 11) is 0. The van der Waals surface area contributed by atoms with Gasteiger partial charge in [0, 0.05) is 18.3 Å². The largest absolute Gasteiger partial charge is 0.315 e. The fourth-order valence-electron chi connectivity index (χ4n) is 3.12. The number of hydrogen-bond acceptors (Lipinski definition) is 1. The summed E-state index contributed by atoms with van der Waals surface area (Å²) in [6, 6.07) is 8.65. The molecule has 23 heavy (non-hydrogen) atoms. The number of aromatic nitrogens is 1. The van der Waals surface area contributed by atoms with Gasteiger partial charge in [-0.1, -0.05) is 52.3 Å². The van der Waals surface area contributed by atoms with E-state index in [1.165, 1.54) is 16.7 Å². The number of unbranched alkanes of at least 4 members (excludes halogenated alkanes) is 1. The highest BCUT2D eigenvalue weighted by atomic mass is 16.1. The fourth-order valence-corrected chi connectivity index (χ4v) is 3.12. The van der Waals surface area contributed by atoms with Gasteiger partial charge in [-0.25, -0.2) is 0 Å². The number of aryl methyl sites for hydroxylation is 3. The molecule has 0 saturated carbocycles. The molecular weight excluding hydrogens is 282 g/mol. The number of hydrogen-bond donors (Lipinski definition) is 0. The van der Waals surface area contributed by atoms with Gasteiger partial charge >= 0.3 is 0 Å².